The average Bonchev–Trinajstić information content (AvgIpc) is 3.34. The maximum Gasteiger partial charge on any atom is 0.293 e. The molecule has 0 saturated carbocycles. The van der Waals surface area contributed by atoms with Gasteiger partial charge in [0.1, 0.15) is 12.4 Å². The van der Waals surface area contributed by atoms with Crippen molar-refractivity contribution >= 4 is 74.7 Å². The summed E-state index contributed by atoms with van der Waals surface area (Å²) in [5.41, 5.74) is 2.52. The van der Waals surface area contributed by atoms with Crippen LogP contribution in [0.4, 0.5) is 4.79 Å². The molecule has 2 heterocycles. The third-order valence-corrected chi connectivity index (χ3v) is 7.48. The largest absolute Gasteiger partial charge is 0.492 e. The quantitative estimate of drug-likeness (QED) is 0.217. The van der Waals surface area contributed by atoms with Gasteiger partial charge < -0.3 is 9.30 Å². The van der Waals surface area contributed by atoms with Crippen LogP contribution in [0.3, 0.4) is 0 Å². The number of carbonyl (C=O) groups is 2. The molecule has 1 aromatic heterocycles. The molecular formula is C27H19Cl3N2O3S. The van der Waals surface area contributed by atoms with Crippen LogP contribution in [0.15, 0.2) is 77.8 Å². The summed E-state index contributed by atoms with van der Waals surface area (Å²) in [7, 11) is 0. The van der Waals surface area contributed by atoms with E-state index in [1.807, 2.05) is 42.6 Å². The van der Waals surface area contributed by atoms with E-state index in [9.17, 15) is 9.59 Å². The van der Waals surface area contributed by atoms with Crippen LogP contribution < -0.4 is 4.74 Å². The van der Waals surface area contributed by atoms with Crippen molar-refractivity contribution in [3.8, 4) is 5.75 Å². The highest BCUT2D eigenvalue weighted by molar-refractivity contribution is 8.18. The third-order valence-electron chi connectivity index (χ3n) is 5.74. The normalized spacial score (nSPS) is 14.9. The lowest BCUT2D eigenvalue weighted by molar-refractivity contribution is -0.123. The number of imide groups is 1. The molecule has 0 radical (unpaired) electrons. The smallest absolute Gasteiger partial charge is 0.293 e. The summed E-state index contributed by atoms with van der Waals surface area (Å²) in [6, 6.07) is 20.2. The number of hydrogen-bond acceptors (Lipinski definition) is 4. The van der Waals surface area contributed by atoms with E-state index < -0.39 is 0 Å². The van der Waals surface area contributed by atoms with Crippen molar-refractivity contribution in [2.45, 2.75) is 13.1 Å². The molecule has 0 N–H and O–H groups in total. The van der Waals surface area contributed by atoms with Gasteiger partial charge in [-0.15, -0.1) is 0 Å². The fourth-order valence-electron chi connectivity index (χ4n) is 3.97. The second-order valence-corrected chi connectivity index (χ2v) is 10.4. The zero-order valence-corrected chi connectivity index (χ0v) is 21.9. The standard InChI is InChI=1S/C27H19Cl3N2O3S/c28-19-7-9-21(10-8-19)35-12-11-31-15-18(22-3-1-2-4-24(22)31)13-25-26(33)32(27(34)36-25)16-17-5-6-20(29)14-23(17)30/h1-10,13-15H,11-12,16H2/b25-13-. The van der Waals surface area contributed by atoms with E-state index in [1.54, 1.807) is 36.4 Å². The molecule has 0 spiro atoms. The molecule has 0 aliphatic carbocycles. The molecule has 9 heteroatoms. The van der Waals surface area contributed by atoms with Crippen LogP contribution in [0.2, 0.25) is 15.1 Å². The second-order valence-electron chi connectivity index (χ2n) is 8.10. The first-order valence-corrected chi connectivity index (χ1v) is 13.0. The zero-order valence-electron chi connectivity index (χ0n) is 18.8. The van der Waals surface area contributed by atoms with Gasteiger partial charge in [-0.05, 0) is 65.9 Å². The molecule has 0 bridgehead atoms. The van der Waals surface area contributed by atoms with Gasteiger partial charge in [0.2, 0.25) is 0 Å². The maximum atomic E-state index is 13.1. The molecule has 182 valence electrons. The molecule has 1 aliphatic rings. The number of ether oxygens (including phenoxy) is 1. The number of rotatable bonds is 7. The molecule has 1 fully saturated rings. The summed E-state index contributed by atoms with van der Waals surface area (Å²) >= 11 is 19.1. The van der Waals surface area contributed by atoms with Gasteiger partial charge in [-0.1, -0.05) is 59.1 Å². The van der Waals surface area contributed by atoms with Gasteiger partial charge in [0.25, 0.3) is 11.1 Å². The van der Waals surface area contributed by atoms with E-state index in [1.165, 1.54) is 4.90 Å². The Morgan fingerprint density at radius 3 is 2.44 bits per heavy atom. The summed E-state index contributed by atoms with van der Waals surface area (Å²) in [6.07, 6.45) is 3.74. The van der Waals surface area contributed by atoms with Crippen molar-refractivity contribution < 1.29 is 14.3 Å². The first-order chi connectivity index (χ1) is 17.4. The van der Waals surface area contributed by atoms with Crippen molar-refractivity contribution in [3.63, 3.8) is 0 Å². The second kappa shape index (κ2) is 10.6. The fourth-order valence-corrected chi connectivity index (χ4v) is 5.39. The number of fused-ring (bicyclic) bond motifs is 1. The van der Waals surface area contributed by atoms with E-state index >= 15 is 0 Å². The molecule has 36 heavy (non-hydrogen) atoms. The van der Waals surface area contributed by atoms with Gasteiger partial charge in [0.05, 0.1) is 18.0 Å². The fraction of sp³-hybridized carbons (Fsp3) is 0.111. The zero-order chi connectivity index (χ0) is 25.2. The van der Waals surface area contributed by atoms with Crippen molar-refractivity contribution in [1.82, 2.24) is 9.47 Å². The Bertz CT molecular complexity index is 1500. The molecular weight excluding hydrogens is 539 g/mol. The summed E-state index contributed by atoms with van der Waals surface area (Å²) in [5, 5.41) is 2.21. The highest BCUT2D eigenvalue weighted by atomic mass is 35.5. The molecule has 0 unspecified atom stereocenters. The number of nitrogens with zero attached hydrogens (tertiary/aromatic N) is 2. The molecule has 2 amide bonds. The number of para-hydroxylation sites is 1. The van der Waals surface area contributed by atoms with Crippen LogP contribution in [0.1, 0.15) is 11.1 Å². The minimum atomic E-state index is -0.348. The first kappa shape index (κ1) is 24.8. The highest BCUT2D eigenvalue weighted by Crippen LogP contribution is 2.36. The molecule has 1 aliphatic heterocycles. The van der Waals surface area contributed by atoms with Crippen molar-refractivity contribution in [1.29, 1.82) is 0 Å². The van der Waals surface area contributed by atoms with E-state index in [0.717, 1.165) is 34.0 Å². The minimum absolute atomic E-state index is 0.0851. The van der Waals surface area contributed by atoms with Gasteiger partial charge in [0, 0.05) is 37.7 Å². The molecule has 5 rings (SSSR count). The number of thioether (sulfide) groups is 1. The first-order valence-electron chi connectivity index (χ1n) is 11.0. The predicted octanol–water partition coefficient (Wildman–Crippen LogP) is 7.92. The lowest BCUT2D eigenvalue weighted by Gasteiger charge is -2.13. The van der Waals surface area contributed by atoms with Gasteiger partial charge in [0.15, 0.2) is 0 Å². The number of amides is 2. The molecule has 4 aromatic rings. The Labute approximate surface area is 227 Å². The SMILES string of the molecule is O=C1S/C(=C\c2cn(CCOc3ccc(Cl)cc3)c3ccccc23)C(=O)N1Cc1ccc(Cl)cc1Cl. The Balaban J connectivity index is 1.36. The van der Waals surface area contributed by atoms with Crippen LogP contribution in [0.25, 0.3) is 17.0 Å². The Hall–Kier alpha value is -2.90. The van der Waals surface area contributed by atoms with Crippen molar-refractivity contribution in [2.75, 3.05) is 6.61 Å². The van der Waals surface area contributed by atoms with E-state index in [0.29, 0.717) is 38.7 Å². The number of hydrogen-bond donors (Lipinski definition) is 0. The Morgan fingerprint density at radius 1 is 0.917 bits per heavy atom. The summed E-state index contributed by atoms with van der Waals surface area (Å²) in [4.78, 5) is 27.3. The summed E-state index contributed by atoms with van der Waals surface area (Å²) in [5.74, 6) is 0.393. The van der Waals surface area contributed by atoms with E-state index in [-0.39, 0.29) is 17.7 Å². The number of halogens is 3. The lowest BCUT2D eigenvalue weighted by atomic mass is 10.1. The monoisotopic (exact) mass is 556 g/mol. The highest BCUT2D eigenvalue weighted by Gasteiger charge is 2.35. The minimum Gasteiger partial charge on any atom is -0.492 e. The van der Waals surface area contributed by atoms with Crippen LogP contribution in [-0.4, -0.2) is 27.2 Å². The Kier molecular flexibility index (Phi) is 7.30. The predicted molar refractivity (Wildman–Crippen MR) is 147 cm³/mol. The van der Waals surface area contributed by atoms with Gasteiger partial charge >= 0.3 is 0 Å². The van der Waals surface area contributed by atoms with Gasteiger partial charge in [-0.25, -0.2) is 0 Å². The molecule has 5 nitrogen and oxygen atoms in total. The maximum absolute atomic E-state index is 13.1. The van der Waals surface area contributed by atoms with Crippen molar-refractivity contribution in [3.05, 3.63) is 104 Å². The summed E-state index contributed by atoms with van der Waals surface area (Å²) in [6.45, 7) is 1.15. The van der Waals surface area contributed by atoms with Crippen LogP contribution >= 0.6 is 46.6 Å². The van der Waals surface area contributed by atoms with E-state index in [4.69, 9.17) is 39.5 Å². The molecule has 0 atom stereocenters. The summed E-state index contributed by atoms with van der Waals surface area (Å²) < 4.78 is 7.93. The lowest BCUT2D eigenvalue weighted by Crippen LogP contribution is -2.27. The third kappa shape index (κ3) is 5.27. The topological polar surface area (TPSA) is 51.5 Å². The number of carbonyl (C=O) groups excluding carboxylic acids is 2. The van der Waals surface area contributed by atoms with Gasteiger partial charge in [-0.3, -0.25) is 14.5 Å². The molecule has 3 aromatic carbocycles. The van der Waals surface area contributed by atoms with Crippen LogP contribution in [0.5, 0.6) is 5.75 Å². The van der Waals surface area contributed by atoms with Crippen molar-refractivity contribution in [2.24, 2.45) is 0 Å². The van der Waals surface area contributed by atoms with Crippen LogP contribution in [0, 0.1) is 0 Å². The molecule has 1 saturated heterocycles. The van der Waals surface area contributed by atoms with Gasteiger partial charge in [-0.2, -0.15) is 0 Å². The number of benzene rings is 3. The van der Waals surface area contributed by atoms with E-state index in [2.05, 4.69) is 4.57 Å². The van der Waals surface area contributed by atoms with Crippen LogP contribution in [-0.2, 0) is 17.9 Å². The average molecular weight is 558 g/mol. The Morgan fingerprint density at radius 2 is 1.67 bits per heavy atom. The number of aromatic nitrogens is 1.